The molecule has 0 aliphatic rings. The van der Waals surface area contributed by atoms with Gasteiger partial charge >= 0.3 is 0 Å². The van der Waals surface area contributed by atoms with Crippen molar-refractivity contribution in [1.82, 2.24) is 5.32 Å². The van der Waals surface area contributed by atoms with Crippen LogP contribution in [0.25, 0.3) is 0 Å². The lowest BCUT2D eigenvalue weighted by Gasteiger charge is -2.16. The Morgan fingerprint density at radius 1 is 1.67 bits per heavy atom. The molecule has 0 spiro atoms. The summed E-state index contributed by atoms with van der Waals surface area (Å²) >= 11 is 3.40. The first-order valence-corrected chi connectivity index (χ1v) is 5.98. The molecule has 0 radical (unpaired) electrons. The van der Waals surface area contributed by atoms with E-state index in [4.69, 9.17) is 10.8 Å². The van der Waals surface area contributed by atoms with Gasteiger partial charge in [-0.3, -0.25) is 0 Å². The standard InChI is InChI=1S/C12H16BrNO/c1-3-5-6-7-11(14-4-2)10-8-9-15-12(10)13/h1,8-9,11,14H,4-7H2,2H3. The van der Waals surface area contributed by atoms with E-state index in [0.29, 0.717) is 6.04 Å². The smallest absolute Gasteiger partial charge is 0.173 e. The van der Waals surface area contributed by atoms with Gasteiger partial charge in [-0.2, -0.15) is 0 Å². The molecule has 0 fully saturated rings. The van der Waals surface area contributed by atoms with E-state index in [2.05, 4.69) is 34.1 Å². The Morgan fingerprint density at radius 3 is 3.00 bits per heavy atom. The number of furan rings is 1. The summed E-state index contributed by atoms with van der Waals surface area (Å²) in [5, 5.41) is 3.43. The molecule has 2 nitrogen and oxygen atoms in total. The number of nitrogens with one attached hydrogen (secondary N) is 1. The lowest BCUT2D eigenvalue weighted by Crippen LogP contribution is -2.20. The number of halogens is 1. The quantitative estimate of drug-likeness (QED) is 0.632. The van der Waals surface area contributed by atoms with E-state index in [1.165, 1.54) is 5.56 Å². The van der Waals surface area contributed by atoms with Crippen LogP contribution in [0.1, 0.15) is 37.8 Å². The van der Waals surface area contributed by atoms with Crippen molar-refractivity contribution < 1.29 is 4.42 Å². The van der Waals surface area contributed by atoms with Gasteiger partial charge < -0.3 is 9.73 Å². The maximum Gasteiger partial charge on any atom is 0.173 e. The third kappa shape index (κ3) is 3.73. The molecule has 1 N–H and O–H groups in total. The highest BCUT2D eigenvalue weighted by Crippen LogP contribution is 2.27. The first kappa shape index (κ1) is 12.4. The third-order valence-electron chi connectivity index (χ3n) is 2.29. The van der Waals surface area contributed by atoms with Crippen LogP contribution >= 0.6 is 15.9 Å². The molecule has 1 heterocycles. The second-order valence-electron chi connectivity index (χ2n) is 3.36. The fourth-order valence-electron chi connectivity index (χ4n) is 1.58. The molecule has 0 bridgehead atoms. The summed E-state index contributed by atoms with van der Waals surface area (Å²) in [5.74, 6) is 2.66. The monoisotopic (exact) mass is 269 g/mol. The van der Waals surface area contributed by atoms with E-state index >= 15 is 0 Å². The highest BCUT2D eigenvalue weighted by molar-refractivity contribution is 9.10. The maximum absolute atomic E-state index is 5.24. The van der Waals surface area contributed by atoms with Crippen LogP contribution in [0.3, 0.4) is 0 Å². The van der Waals surface area contributed by atoms with Crippen molar-refractivity contribution in [3.8, 4) is 12.3 Å². The molecule has 0 saturated heterocycles. The largest absolute Gasteiger partial charge is 0.457 e. The molecule has 0 amide bonds. The summed E-state index contributed by atoms with van der Waals surface area (Å²) in [7, 11) is 0. The molecule has 1 aromatic heterocycles. The number of terminal acetylenes is 1. The van der Waals surface area contributed by atoms with Crippen LogP contribution in [0.2, 0.25) is 0 Å². The topological polar surface area (TPSA) is 25.2 Å². The molecule has 0 aliphatic carbocycles. The predicted octanol–water partition coefficient (Wildman–Crippen LogP) is 3.50. The molecular weight excluding hydrogens is 254 g/mol. The van der Waals surface area contributed by atoms with Gasteiger partial charge in [0.25, 0.3) is 0 Å². The summed E-state index contributed by atoms with van der Waals surface area (Å²) < 4.78 is 6.05. The van der Waals surface area contributed by atoms with E-state index in [0.717, 1.165) is 30.5 Å². The summed E-state index contributed by atoms with van der Waals surface area (Å²) in [5.41, 5.74) is 1.17. The summed E-state index contributed by atoms with van der Waals surface area (Å²) in [4.78, 5) is 0. The van der Waals surface area contributed by atoms with Gasteiger partial charge in [0.05, 0.1) is 6.26 Å². The average Bonchev–Trinajstić information content (AvgIpc) is 2.64. The van der Waals surface area contributed by atoms with Crippen LogP contribution in [-0.2, 0) is 0 Å². The third-order valence-corrected chi connectivity index (χ3v) is 2.93. The van der Waals surface area contributed by atoms with Crippen molar-refractivity contribution in [3.63, 3.8) is 0 Å². The summed E-state index contributed by atoms with van der Waals surface area (Å²) in [6.07, 6.45) is 9.84. The Morgan fingerprint density at radius 2 is 2.47 bits per heavy atom. The van der Waals surface area contributed by atoms with Gasteiger partial charge in [-0.05, 0) is 41.4 Å². The normalized spacial score (nSPS) is 12.3. The highest BCUT2D eigenvalue weighted by atomic mass is 79.9. The van der Waals surface area contributed by atoms with E-state index in [9.17, 15) is 0 Å². The number of rotatable bonds is 6. The minimum absolute atomic E-state index is 0.330. The Labute approximate surface area is 99.6 Å². The van der Waals surface area contributed by atoms with Crippen molar-refractivity contribution in [2.75, 3.05) is 6.54 Å². The molecule has 15 heavy (non-hydrogen) atoms. The van der Waals surface area contributed by atoms with Gasteiger partial charge in [-0.1, -0.05) is 6.92 Å². The van der Waals surface area contributed by atoms with Gasteiger partial charge in [0.2, 0.25) is 0 Å². The minimum Gasteiger partial charge on any atom is -0.457 e. The Kier molecular flexibility index (Phi) is 5.52. The first-order valence-electron chi connectivity index (χ1n) is 5.19. The maximum atomic E-state index is 5.24. The SMILES string of the molecule is C#CCCCC(NCC)c1ccoc1Br. The van der Waals surface area contributed by atoms with Gasteiger partial charge in [-0.15, -0.1) is 12.3 Å². The van der Waals surface area contributed by atoms with E-state index in [1.807, 2.05) is 6.07 Å². The van der Waals surface area contributed by atoms with Gasteiger partial charge in [0, 0.05) is 18.0 Å². The molecule has 1 rings (SSSR count). The van der Waals surface area contributed by atoms with Crippen LogP contribution in [-0.4, -0.2) is 6.54 Å². The molecule has 0 aromatic carbocycles. The predicted molar refractivity (Wildman–Crippen MR) is 65.5 cm³/mol. The van der Waals surface area contributed by atoms with Gasteiger partial charge in [0.15, 0.2) is 4.67 Å². The second kappa shape index (κ2) is 6.71. The molecule has 1 unspecified atom stereocenters. The minimum atomic E-state index is 0.330. The number of hydrogen-bond acceptors (Lipinski definition) is 2. The van der Waals surface area contributed by atoms with Gasteiger partial charge in [0.1, 0.15) is 0 Å². The van der Waals surface area contributed by atoms with Gasteiger partial charge in [-0.25, -0.2) is 0 Å². The second-order valence-corrected chi connectivity index (χ2v) is 4.08. The van der Waals surface area contributed by atoms with Crippen LogP contribution in [0.4, 0.5) is 0 Å². The van der Waals surface area contributed by atoms with E-state index < -0.39 is 0 Å². The molecule has 3 heteroatoms. The zero-order valence-electron chi connectivity index (χ0n) is 8.92. The molecule has 0 aliphatic heterocycles. The average molecular weight is 270 g/mol. The zero-order valence-corrected chi connectivity index (χ0v) is 10.5. The Hall–Kier alpha value is -0.720. The molecule has 0 saturated carbocycles. The Bertz CT molecular complexity index is 327. The van der Waals surface area contributed by atoms with E-state index in [-0.39, 0.29) is 0 Å². The summed E-state index contributed by atoms with van der Waals surface area (Å²) in [6.45, 7) is 3.04. The number of hydrogen-bond donors (Lipinski definition) is 1. The molecular formula is C12H16BrNO. The van der Waals surface area contributed by atoms with Crippen molar-refractivity contribution in [2.24, 2.45) is 0 Å². The van der Waals surface area contributed by atoms with Crippen molar-refractivity contribution in [2.45, 2.75) is 32.2 Å². The number of unbranched alkanes of at least 4 members (excludes halogenated alkanes) is 1. The van der Waals surface area contributed by atoms with Crippen molar-refractivity contribution in [1.29, 1.82) is 0 Å². The van der Waals surface area contributed by atoms with Crippen LogP contribution in [0, 0.1) is 12.3 Å². The lowest BCUT2D eigenvalue weighted by atomic mass is 10.0. The molecule has 82 valence electrons. The lowest BCUT2D eigenvalue weighted by molar-refractivity contribution is 0.480. The van der Waals surface area contributed by atoms with Crippen LogP contribution in [0.5, 0.6) is 0 Å². The van der Waals surface area contributed by atoms with Crippen molar-refractivity contribution >= 4 is 15.9 Å². The zero-order chi connectivity index (χ0) is 11.1. The molecule has 1 atom stereocenters. The summed E-state index contributed by atoms with van der Waals surface area (Å²) in [6, 6.07) is 2.32. The highest BCUT2D eigenvalue weighted by Gasteiger charge is 2.14. The fraction of sp³-hybridized carbons (Fsp3) is 0.500. The first-order chi connectivity index (χ1) is 7.29. The van der Waals surface area contributed by atoms with E-state index in [1.54, 1.807) is 6.26 Å². The Balaban J connectivity index is 2.58. The fourth-order valence-corrected chi connectivity index (χ4v) is 2.09. The van der Waals surface area contributed by atoms with Crippen LogP contribution in [0.15, 0.2) is 21.4 Å². The van der Waals surface area contributed by atoms with Crippen molar-refractivity contribution in [3.05, 3.63) is 22.6 Å². The molecule has 1 aromatic rings. The van der Waals surface area contributed by atoms with Crippen LogP contribution < -0.4 is 5.32 Å².